The van der Waals surface area contributed by atoms with E-state index in [0.717, 1.165) is 16.9 Å². The number of aromatic amines is 1. The first-order valence-corrected chi connectivity index (χ1v) is 4.12. The van der Waals surface area contributed by atoms with Gasteiger partial charge >= 0.3 is 0 Å². The number of hydrogen-bond acceptors (Lipinski definition) is 2. The Kier molecular flexibility index (Phi) is 2.10. The number of fused-ring (bicyclic) bond motifs is 1. The second-order valence-corrected chi connectivity index (χ2v) is 2.72. The van der Waals surface area contributed by atoms with E-state index >= 15 is 0 Å². The topological polar surface area (TPSA) is 48.9 Å². The van der Waals surface area contributed by atoms with Crippen molar-refractivity contribution in [3.05, 3.63) is 36.2 Å². The molecule has 0 saturated heterocycles. The van der Waals surface area contributed by atoms with E-state index in [1.165, 1.54) is 0 Å². The predicted octanol–water partition coefficient (Wildman–Crippen LogP) is 1.57. The van der Waals surface area contributed by atoms with E-state index in [2.05, 4.69) is 9.97 Å². The molecule has 0 aliphatic heterocycles. The third-order valence-electron chi connectivity index (χ3n) is 1.79. The number of benzene rings is 1. The van der Waals surface area contributed by atoms with Crippen molar-refractivity contribution in [1.29, 1.82) is 0 Å². The number of rotatable bonds is 2. The van der Waals surface area contributed by atoms with Crippen LogP contribution in [-0.4, -0.2) is 21.7 Å². The maximum atomic E-state index is 8.57. The SMILES string of the molecule is OC/C=C/c1nc2ccccc2[nH]1. The number of nitrogens with zero attached hydrogens (tertiary/aromatic N) is 1. The Labute approximate surface area is 75.7 Å². The van der Waals surface area contributed by atoms with Gasteiger partial charge in [0.2, 0.25) is 0 Å². The molecule has 0 aliphatic carbocycles. The smallest absolute Gasteiger partial charge is 0.130 e. The van der Waals surface area contributed by atoms with Crippen molar-refractivity contribution in [2.24, 2.45) is 0 Å². The van der Waals surface area contributed by atoms with Crippen molar-refractivity contribution in [3.63, 3.8) is 0 Å². The quantitative estimate of drug-likeness (QED) is 0.726. The van der Waals surface area contributed by atoms with Crippen molar-refractivity contribution < 1.29 is 5.11 Å². The van der Waals surface area contributed by atoms with Gasteiger partial charge < -0.3 is 10.1 Å². The fourth-order valence-corrected chi connectivity index (χ4v) is 1.22. The van der Waals surface area contributed by atoms with Crippen molar-refractivity contribution >= 4 is 17.1 Å². The zero-order valence-electron chi connectivity index (χ0n) is 7.07. The lowest BCUT2D eigenvalue weighted by Gasteiger charge is -1.81. The summed E-state index contributed by atoms with van der Waals surface area (Å²) in [6, 6.07) is 7.82. The summed E-state index contributed by atoms with van der Waals surface area (Å²) >= 11 is 0. The van der Waals surface area contributed by atoms with Crippen molar-refractivity contribution in [3.8, 4) is 0 Å². The van der Waals surface area contributed by atoms with Crippen LogP contribution in [0.1, 0.15) is 5.82 Å². The highest BCUT2D eigenvalue weighted by atomic mass is 16.2. The van der Waals surface area contributed by atoms with Gasteiger partial charge in [-0.25, -0.2) is 4.98 Å². The zero-order chi connectivity index (χ0) is 9.10. The molecule has 0 spiro atoms. The minimum absolute atomic E-state index is 0.0387. The molecule has 0 saturated carbocycles. The van der Waals surface area contributed by atoms with Gasteiger partial charge in [0.1, 0.15) is 5.82 Å². The van der Waals surface area contributed by atoms with Crippen LogP contribution >= 0.6 is 0 Å². The van der Waals surface area contributed by atoms with E-state index < -0.39 is 0 Å². The van der Waals surface area contributed by atoms with Gasteiger partial charge in [0, 0.05) is 0 Å². The number of aromatic nitrogens is 2. The van der Waals surface area contributed by atoms with Gasteiger partial charge in [-0.2, -0.15) is 0 Å². The molecule has 2 rings (SSSR count). The highest BCUT2D eigenvalue weighted by Crippen LogP contribution is 2.10. The summed E-state index contributed by atoms with van der Waals surface area (Å²) in [5.74, 6) is 0.773. The summed E-state index contributed by atoms with van der Waals surface area (Å²) in [5, 5.41) is 8.57. The molecule has 3 heteroatoms. The Morgan fingerprint density at radius 1 is 1.38 bits per heavy atom. The molecule has 0 unspecified atom stereocenters. The molecule has 1 aromatic carbocycles. The molecule has 3 nitrogen and oxygen atoms in total. The minimum atomic E-state index is 0.0387. The lowest BCUT2D eigenvalue weighted by molar-refractivity contribution is 0.343. The Hall–Kier alpha value is -1.61. The lowest BCUT2D eigenvalue weighted by atomic mass is 10.3. The molecule has 66 valence electrons. The lowest BCUT2D eigenvalue weighted by Crippen LogP contribution is -1.75. The molecule has 1 heterocycles. The fraction of sp³-hybridized carbons (Fsp3) is 0.100. The van der Waals surface area contributed by atoms with Gasteiger partial charge in [-0.05, 0) is 18.2 Å². The van der Waals surface area contributed by atoms with Gasteiger partial charge in [0.05, 0.1) is 17.6 Å². The van der Waals surface area contributed by atoms with Crippen LogP contribution in [0.3, 0.4) is 0 Å². The normalized spacial score (nSPS) is 11.5. The number of para-hydroxylation sites is 2. The summed E-state index contributed by atoms with van der Waals surface area (Å²) in [6.45, 7) is 0.0387. The second-order valence-electron chi connectivity index (χ2n) is 2.72. The van der Waals surface area contributed by atoms with E-state index in [1.54, 1.807) is 12.2 Å². The summed E-state index contributed by atoms with van der Waals surface area (Å²) in [6.07, 6.45) is 3.41. The average Bonchev–Trinajstić information content (AvgIpc) is 2.57. The Morgan fingerprint density at radius 3 is 3.00 bits per heavy atom. The van der Waals surface area contributed by atoms with Crippen LogP contribution in [0.5, 0.6) is 0 Å². The fourth-order valence-electron chi connectivity index (χ4n) is 1.22. The van der Waals surface area contributed by atoms with Crippen LogP contribution in [0, 0.1) is 0 Å². The summed E-state index contributed by atoms with van der Waals surface area (Å²) in [7, 11) is 0. The maximum absolute atomic E-state index is 8.57. The first-order chi connectivity index (χ1) is 6.40. The molecule has 2 aromatic rings. The van der Waals surface area contributed by atoms with E-state index in [9.17, 15) is 0 Å². The molecule has 1 aromatic heterocycles. The van der Waals surface area contributed by atoms with Crippen molar-refractivity contribution in [2.45, 2.75) is 0 Å². The number of aliphatic hydroxyl groups excluding tert-OH is 1. The molecular formula is C10H10N2O. The molecule has 2 N–H and O–H groups in total. The third kappa shape index (κ3) is 1.60. The highest BCUT2D eigenvalue weighted by molar-refractivity contribution is 5.76. The van der Waals surface area contributed by atoms with Gasteiger partial charge in [-0.3, -0.25) is 0 Å². The number of hydrogen-bond donors (Lipinski definition) is 2. The van der Waals surface area contributed by atoms with E-state index in [-0.39, 0.29) is 6.61 Å². The van der Waals surface area contributed by atoms with E-state index in [4.69, 9.17) is 5.11 Å². The van der Waals surface area contributed by atoms with Crippen LogP contribution in [0.2, 0.25) is 0 Å². The molecule has 0 bridgehead atoms. The number of imidazole rings is 1. The monoisotopic (exact) mass is 174 g/mol. The largest absolute Gasteiger partial charge is 0.392 e. The van der Waals surface area contributed by atoms with Crippen LogP contribution in [0.15, 0.2) is 30.3 Å². The van der Waals surface area contributed by atoms with E-state index in [1.807, 2.05) is 24.3 Å². The Bertz CT molecular complexity index is 398. The summed E-state index contributed by atoms with van der Waals surface area (Å²) in [4.78, 5) is 7.42. The van der Waals surface area contributed by atoms with Gasteiger partial charge in [0.15, 0.2) is 0 Å². The zero-order valence-corrected chi connectivity index (χ0v) is 7.07. The first kappa shape index (κ1) is 8.01. The van der Waals surface area contributed by atoms with Crippen molar-refractivity contribution in [2.75, 3.05) is 6.61 Å². The molecule has 0 radical (unpaired) electrons. The Balaban J connectivity index is 2.44. The third-order valence-corrected chi connectivity index (χ3v) is 1.79. The van der Waals surface area contributed by atoms with Gasteiger partial charge in [-0.1, -0.05) is 18.2 Å². The van der Waals surface area contributed by atoms with Crippen LogP contribution in [0.25, 0.3) is 17.1 Å². The molecule has 0 aliphatic rings. The van der Waals surface area contributed by atoms with Crippen LogP contribution < -0.4 is 0 Å². The molecule has 13 heavy (non-hydrogen) atoms. The standard InChI is InChI=1S/C10H10N2O/c13-7-3-6-10-11-8-4-1-2-5-9(8)12-10/h1-6,13H,7H2,(H,11,12)/b6-3+. The van der Waals surface area contributed by atoms with Gasteiger partial charge in [0.25, 0.3) is 0 Å². The molecule has 0 fully saturated rings. The van der Waals surface area contributed by atoms with Crippen LogP contribution in [0.4, 0.5) is 0 Å². The summed E-state index contributed by atoms with van der Waals surface area (Å²) in [5.41, 5.74) is 1.96. The Morgan fingerprint density at radius 2 is 2.23 bits per heavy atom. The van der Waals surface area contributed by atoms with Crippen LogP contribution in [-0.2, 0) is 0 Å². The maximum Gasteiger partial charge on any atom is 0.130 e. The highest BCUT2D eigenvalue weighted by Gasteiger charge is 1.96. The molecular weight excluding hydrogens is 164 g/mol. The second kappa shape index (κ2) is 3.41. The molecule has 0 amide bonds. The average molecular weight is 174 g/mol. The number of aliphatic hydroxyl groups is 1. The van der Waals surface area contributed by atoms with E-state index in [0.29, 0.717) is 0 Å². The summed E-state index contributed by atoms with van der Waals surface area (Å²) < 4.78 is 0. The molecule has 0 atom stereocenters. The number of H-pyrrole nitrogens is 1. The number of nitrogens with one attached hydrogen (secondary N) is 1. The predicted molar refractivity (Wildman–Crippen MR) is 52.2 cm³/mol. The van der Waals surface area contributed by atoms with Crippen molar-refractivity contribution in [1.82, 2.24) is 9.97 Å². The van der Waals surface area contributed by atoms with Gasteiger partial charge in [-0.15, -0.1) is 0 Å². The minimum Gasteiger partial charge on any atom is -0.392 e. The first-order valence-electron chi connectivity index (χ1n) is 4.12.